The average Bonchev–Trinajstić information content (AvgIpc) is 2.28. The summed E-state index contributed by atoms with van der Waals surface area (Å²) in [5.41, 5.74) is 0.221. The topological polar surface area (TPSA) is 51.1 Å². The molecular formula is C13H23ClN4O. The average molecular weight is 287 g/mol. The summed E-state index contributed by atoms with van der Waals surface area (Å²) in [7, 11) is 0. The van der Waals surface area contributed by atoms with Gasteiger partial charge < -0.3 is 9.64 Å². The van der Waals surface area contributed by atoms with E-state index in [1.54, 1.807) is 0 Å². The fourth-order valence-electron chi connectivity index (χ4n) is 1.48. The normalized spacial score (nSPS) is 11.5. The standard InChI is InChI=1S/C13H23ClN4O/c1-6-18(7-2)11-15-10(14)16-12(17-11)19-9-8-13(3,4)5/h6-9H2,1-5H3. The van der Waals surface area contributed by atoms with Crippen molar-refractivity contribution in [1.29, 1.82) is 0 Å². The van der Waals surface area contributed by atoms with Gasteiger partial charge in [-0.15, -0.1) is 0 Å². The Labute approximate surface area is 120 Å². The zero-order valence-corrected chi connectivity index (χ0v) is 13.2. The summed E-state index contributed by atoms with van der Waals surface area (Å²) in [6.45, 7) is 12.8. The van der Waals surface area contributed by atoms with Gasteiger partial charge in [-0.05, 0) is 37.3 Å². The van der Waals surface area contributed by atoms with Crippen molar-refractivity contribution in [1.82, 2.24) is 15.0 Å². The second-order valence-electron chi connectivity index (χ2n) is 5.52. The molecule has 1 aromatic rings. The maximum absolute atomic E-state index is 5.91. The summed E-state index contributed by atoms with van der Waals surface area (Å²) in [4.78, 5) is 14.4. The SMILES string of the molecule is CCN(CC)c1nc(Cl)nc(OCCC(C)(C)C)n1. The molecule has 0 unspecified atom stereocenters. The fraction of sp³-hybridized carbons (Fsp3) is 0.769. The molecule has 5 nitrogen and oxygen atoms in total. The third kappa shape index (κ3) is 5.59. The zero-order chi connectivity index (χ0) is 14.5. The first kappa shape index (κ1) is 16.0. The number of anilines is 1. The number of halogens is 1. The van der Waals surface area contributed by atoms with Crippen molar-refractivity contribution >= 4 is 17.5 Å². The van der Waals surface area contributed by atoms with Crippen LogP contribution in [-0.2, 0) is 0 Å². The highest BCUT2D eigenvalue weighted by molar-refractivity contribution is 6.28. The van der Waals surface area contributed by atoms with Crippen LogP contribution in [0.1, 0.15) is 41.0 Å². The molecule has 1 heterocycles. The lowest BCUT2D eigenvalue weighted by atomic mass is 9.93. The number of rotatable bonds is 6. The highest BCUT2D eigenvalue weighted by atomic mass is 35.5. The van der Waals surface area contributed by atoms with Crippen molar-refractivity contribution in [2.75, 3.05) is 24.6 Å². The molecule has 0 aliphatic rings. The van der Waals surface area contributed by atoms with E-state index < -0.39 is 0 Å². The zero-order valence-electron chi connectivity index (χ0n) is 12.4. The molecule has 108 valence electrons. The van der Waals surface area contributed by atoms with Crippen LogP contribution in [0.3, 0.4) is 0 Å². The van der Waals surface area contributed by atoms with E-state index in [1.807, 2.05) is 18.7 Å². The van der Waals surface area contributed by atoms with Crippen molar-refractivity contribution in [3.05, 3.63) is 5.28 Å². The maximum Gasteiger partial charge on any atom is 0.322 e. The molecule has 0 N–H and O–H groups in total. The van der Waals surface area contributed by atoms with Gasteiger partial charge in [-0.1, -0.05) is 20.8 Å². The first-order valence-corrected chi connectivity index (χ1v) is 7.03. The molecule has 6 heteroatoms. The largest absolute Gasteiger partial charge is 0.463 e. The molecule has 0 aliphatic carbocycles. The van der Waals surface area contributed by atoms with Crippen LogP contribution >= 0.6 is 11.6 Å². The van der Waals surface area contributed by atoms with E-state index in [0.717, 1.165) is 19.5 Å². The van der Waals surface area contributed by atoms with Gasteiger partial charge in [-0.25, -0.2) is 0 Å². The minimum Gasteiger partial charge on any atom is -0.463 e. The van der Waals surface area contributed by atoms with E-state index in [-0.39, 0.29) is 10.7 Å². The molecule has 0 aliphatic heterocycles. The van der Waals surface area contributed by atoms with Crippen molar-refractivity contribution in [3.8, 4) is 6.01 Å². The van der Waals surface area contributed by atoms with Gasteiger partial charge in [0.25, 0.3) is 0 Å². The summed E-state index contributed by atoms with van der Waals surface area (Å²) >= 11 is 5.91. The molecular weight excluding hydrogens is 264 g/mol. The lowest BCUT2D eigenvalue weighted by molar-refractivity contribution is 0.228. The van der Waals surface area contributed by atoms with Gasteiger partial charge in [0, 0.05) is 13.1 Å². The van der Waals surface area contributed by atoms with Crippen LogP contribution in [0.15, 0.2) is 0 Å². The molecule has 0 bridgehead atoms. The van der Waals surface area contributed by atoms with E-state index in [4.69, 9.17) is 16.3 Å². The summed E-state index contributed by atoms with van der Waals surface area (Å²) in [6.07, 6.45) is 0.927. The molecule has 0 atom stereocenters. The molecule has 0 amide bonds. The Hall–Kier alpha value is -1.10. The number of hydrogen-bond donors (Lipinski definition) is 0. The van der Waals surface area contributed by atoms with Gasteiger partial charge in [-0.3, -0.25) is 0 Å². The fourth-order valence-corrected chi connectivity index (χ4v) is 1.63. The Kier molecular flexibility index (Phi) is 5.79. The highest BCUT2D eigenvalue weighted by Gasteiger charge is 2.13. The molecule has 1 aromatic heterocycles. The predicted molar refractivity (Wildman–Crippen MR) is 78.0 cm³/mol. The van der Waals surface area contributed by atoms with E-state index in [9.17, 15) is 0 Å². The van der Waals surface area contributed by atoms with Gasteiger partial charge >= 0.3 is 6.01 Å². The Bertz CT molecular complexity index is 402. The molecule has 0 spiro atoms. The third-order valence-electron chi connectivity index (χ3n) is 2.71. The van der Waals surface area contributed by atoms with Crippen LogP contribution in [0.4, 0.5) is 5.95 Å². The summed E-state index contributed by atoms with van der Waals surface area (Å²) in [5, 5.41) is 0.169. The van der Waals surface area contributed by atoms with Crippen molar-refractivity contribution < 1.29 is 4.74 Å². The van der Waals surface area contributed by atoms with Crippen molar-refractivity contribution in [3.63, 3.8) is 0 Å². The summed E-state index contributed by atoms with van der Waals surface area (Å²) < 4.78 is 5.57. The lowest BCUT2D eigenvalue weighted by Gasteiger charge is -2.19. The molecule has 0 radical (unpaired) electrons. The summed E-state index contributed by atoms with van der Waals surface area (Å²) in [6, 6.07) is 0.297. The molecule has 0 fully saturated rings. The lowest BCUT2D eigenvalue weighted by Crippen LogP contribution is -2.24. The second-order valence-corrected chi connectivity index (χ2v) is 5.86. The monoisotopic (exact) mass is 286 g/mol. The number of ether oxygens (including phenoxy) is 1. The van der Waals surface area contributed by atoms with E-state index in [1.165, 1.54) is 0 Å². The van der Waals surface area contributed by atoms with Crippen LogP contribution in [0.5, 0.6) is 6.01 Å². The Morgan fingerprint density at radius 2 is 1.74 bits per heavy atom. The van der Waals surface area contributed by atoms with Crippen molar-refractivity contribution in [2.45, 2.75) is 41.0 Å². The smallest absolute Gasteiger partial charge is 0.322 e. The van der Waals surface area contributed by atoms with Crippen LogP contribution in [-0.4, -0.2) is 34.6 Å². The second kappa shape index (κ2) is 6.89. The predicted octanol–water partition coefficient (Wildman–Crippen LogP) is 3.19. The van der Waals surface area contributed by atoms with E-state index in [0.29, 0.717) is 18.6 Å². The van der Waals surface area contributed by atoms with E-state index in [2.05, 4.69) is 35.7 Å². The maximum atomic E-state index is 5.91. The highest BCUT2D eigenvalue weighted by Crippen LogP contribution is 2.19. The van der Waals surface area contributed by atoms with Gasteiger partial charge in [-0.2, -0.15) is 15.0 Å². The molecule has 0 saturated carbocycles. The van der Waals surface area contributed by atoms with Crippen LogP contribution < -0.4 is 9.64 Å². The number of aromatic nitrogens is 3. The first-order valence-electron chi connectivity index (χ1n) is 6.65. The van der Waals surface area contributed by atoms with Gasteiger partial charge in [0.2, 0.25) is 11.2 Å². The van der Waals surface area contributed by atoms with Gasteiger partial charge in [0.1, 0.15) is 0 Å². The summed E-state index contributed by atoms with van der Waals surface area (Å²) in [5.74, 6) is 0.566. The van der Waals surface area contributed by atoms with Crippen LogP contribution in [0.25, 0.3) is 0 Å². The Morgan fingerprint density at radius 3 is 2.26 bits per heavy atom. The molecule has 0 aromatic carbocycles. The first-order chi connectivity index (χ1) is 8.85. The quantitative estimate of drug-likeness (QED) is 0.804. The third-order valence-corrected chi connectivity index (χ3v) is 2.87. The molecule has 1 rings (SSSR count). The van der Waals surface area contributed by atoms with Crippen LogP contribution in [0, 0.1) is 5.41 Å². The molecule has 0 saturated heterocycles. The minimum absolute atomic E-state index is 0.169. The van der Waals surface area contributed by atoms with Gasteiger partial charge in [0.05, 0.1) is 6.61 Å². The minimum atomic E-state index is 0.169. The molecule has 19 heavy (non-hydrogen) atoms. The van der Waals surface area contributed by atoms with Crippen LogP contribution in [0.2, 0.25) is 5.28 Å². The van der Waals surface area contributed by atoms with Crippen molar-refractivity contribution in [2.24, 2.45) is 5.41 Å². The Morgan fingerprint density at radius 1 is 1.11 bits per heavy atom. The van der Waals surface area contributed by atoms with E-state index >= 15 is 0 Å². The number of hydrogen-bond acceptors (Lipinski definition) is 5. The van der Waals surface area contributed by atoms with Gasteiger partial charge in [0.15, 0.2) is 0 Å². The number of nitrogens with zero attached hydrogens (tertiary/aromatic N) is 4. The Balaban J connectivity index is 2.74.